The Morgan fingerprint density at radius 3 is 3.08 bits per heavy atom. The van der Waals surface area contributed by atoms with E-state index in [2.05, 4.69) is 13.2 Å². The van der Waals surface area contributed by atoms with Gasteiger partial charge in [0.25, 0.3) is 0 Å². The van der Waals surface area contributed by atoms with Gasteiger partial charge in [0.1, 0.15) is 5.60 Å². The molecule has 0 aromatic rings. The lowest BCUT2D eigenvalue weighted by atomic mass is 9.84. The molecule has 1 aliphatic heterocycles. The van der Waals surface area contributed by atoms with E-state index in [1.807, 2.05) is 6.08 Å². The quantitative estimate of drug-likeness (QED) is 0.541. The second kappa shape index (κ2) is 2.65. The Morgan fingerprint density at radius 1 is 1.50 bits per heavy atom. The lowest BCUT2D eigenvalue weighted by Crippen LogP contribution is -2.37. The zero-order valence-corrected chi connectivity index (χ0v) is 7.51. The number of allylic oxidation sites excluding steroid dienone is 1. The summed E-state index contributed by atoms with van der Waals surface area (Å²) in [5.74, 6) is 1.66. The van der Waals surface area contributed by atoms with E-state index in [4.69, 9.17) is 4.74 Å². The van der Waals surface area contributed by atoms with Crippen LogP contribution in [0.2, 0.25) is 0 Å². The monoisotopic (exact) mass is 164 g/mol. The first-order chi connectivity index (χ1) is 5.77. The van der Waals surface area contributed by atoms with Gasteiger partial charge in [0.2, 0.25) is 0 Å². The molecular weight excluding hydrogens is 148 g/mol. The normalized spacial score (nSPS) is 40.3. The first-order valence-corrected chi connectivity index (χ1v) is 4.77. The fourth-order valence-electron chi connectivity index (χ4n) is 2.56. The van der Waals surface area contributed by atoms with Gasteiger partial charge in [-0.05, 0) is 31.8 Å². The second-order valence-electron chi connectivity index (χ2n) is 3.93. The van der Waals surface area contributed by atoms with Crippen LogP contribution in [0.1, 0.15) is 32.1 Å². The highest BCUT2D eigenvalue weighted by Gasteiger charge is 2.44. The van der Waals surface area contributed by atoms with Crippen molar-refractivity contribution in [3.8, 4) is 0 Å². The SMILES string of the molecule is C=C[C@]12CCC[C@H]1CCC(=C)O2. The first-order valence-electron chi connectivity index (χ1n) is 4.77. The molecule has 2 aliphatic rings. The Bertz CT molecular complexity index is 219. The number of rotatable bonds is 1. The van der Waals surface area contributed by atoms with E-state index in [0.29, 0.717) is 5.92 Å². The summed E-state index contributed by atoms with van der Waals surface area (Å²) in [5.41, 5.74) is -0.0324. The van der Waals surface area contributed by atoms with Crippen molar-refractivity contribution >= 4 is 0 Å². The van der Waals surface area contributed by atoms with E-state index in [0.717, 1.165) is 18.6 Å². The van der Waals surface area contributed by atoms with Crippen molar-refractivity contribution in [3.05, 3.63) is 25.0 Å². The van der Waals surface area contributed by atoms with E-state index >= 15 is 0 Å². The molecule has 0 aromatic heterocycles. The van der Waals surface area contributed by atoms with Gasteiger partial charge in [0, 0.05) is 12.3 Å². The van der Waals surface area contributed by atoms with E-state index in [1.54, 1.807) is 0 Å². The maximum atomic E-state index is 5.83. The Kier molecular flexibility index (Phi) is 1.75. The van der Waals surface area contributed by atoms with Gasteiger partial charge in [-0.1, -0.05) is 13.2 Å². The minimum absolute atomic E-state index is 0.0324. The summed E-state index contributed by atoms with van der Waals surface area (Å²) in [6, 6.07) is 0. The minimum atomic E-state index is -0.0324. The summed E-state index contributed by atoms with van der Waals surface area (Å²) in [6.07, 6.45) is 8.00. The topological polar surface area (TPSA) is 9.23 Å². The highest BCUT2D eigenvalue weighted by Crippen LogP contribution is 2.47. The summed E-state index contributed by atoms with van der Waals surface area (Å²) in [6.45, 7) is 7.78. The van der Waals surface area contributed by atoms with Crippen LogP contribution >= 0.6 is 0 Å². The number of hydrogen-bond acceptors (Lipinski definition) is 1. The Labute approximate surface area is 74.1 Å². The minimum Gasteiger partial charge on any atom is -0.488 e. The smallest absolute Gasteiger partial charge is 0.129 e. The van der Waals surface area contributed by atoms with Gasteiger partial charge in [-0.2, -0.15) is 0 Å². The van der Waals surface area contributed by atoms with Crippen LogP contribution in [0, 0.1) is 5.92 Å². The van der Waals surface area contributed by atoms with Gasteiger partial charge < -0.3 is 4.74 Å². The second-order valence-corrected chi connectivity index (χ2v) is 3.93. The molecule has 1 saturated carbocycles. The molecule has 1 aliphatic carbocycles. The molecule has 2 atom stereocenters. The Hall–Kier alpha value is -0.720. The van der Waals surface area contributed by atoms with Crippen LogP contribution in [-0.4, -0.2) is 5.60 Å². The molecule has 0 spiro atoms. The largest absolute Gasteiger partial charge is 0.488 e. The fraction of sp³-hybridized carbons (Fsp3) is 0.636. The molecule has 12 heavy (non-hydrogen) atoms. The molecule has 0 unspecified atom stereocenters. The maximum Gasteiger partial charge on any atom is 0.129 e. The molecule has 0 aromatic carbocycles. The number of hydrogen-bond donors (Lipinski definition) is 0. The van der Waals surface area contributed by atoms with Crippen LogP contribution in [0.15, 0.2) is 25.0 Å². The summed E-state index contributed by atoms with van der Waals surface area (Å²) in [5, 5.41) is 0. The van der Waals surface area contributed by atoms with E-state index < -0.39 is 0 Å². The summed E-state index contributed by atoms with van der Waals surface area (Å²) in [4.78, 5) is 0. The third kappa shape index (κ3) is 0.996. The van der Waals surface area contributed by atoms with Crippen molar-refractivity contribution < 1.29 is 4.74 Å². The van der Waals surface area contributed by atoms with Gasteiger partial charge in [-0.25, -0.2) is 0 Å². The van der Waals surface area contributed by atoms with Crippen molar-refractivity contribution in [1.29, 1.82) is 0 Å². The third-order valence-corrected chi connectivity index (χ3v) is 3.26. The van der Waals surface area contributed by atoms with Crippen molar-refractivity contribution in [2.75, 3.05) is 0 Å². The van der Waals surface area contributed by atoms with Gasteiger partial charge in [0.05, 0.1) is 5.76 Å². The number of fused-ring (bicyclic) bond motifs is 1. The van der Waals surface area contributed by atoms with Crippen LogP contribution in [0.25, 0.3) is 0 Å². The average Bonchev–Trinajstić information content (AvgIpc) is 2.47. The highest BCUT2D eigenvalue weighted by atomic mass is 16.5. The van der Waals surface area contributed by atoms with Crippen LogP contribution < -0.4 is 0 Å². The molecule has 0 N–H and O–H groups in total. The molecule has 1 heterocycles. The molecule has 2 fully saturated rings. The predicted octanol–water partition coefficient (Wildman–Crippen LogP) is 3.04. The molecule has 0 bridgehead atoms. The van der Waals surface area contributed by atoms with Gasteiger partial charge in [0.15, 0.2) is 0 Å². The maximum absolute atomic E-state index is 5.83. The van der Waals surface area contributed by atoms with Crippen molar-refractivity contribution in [3.63, 3.8) is 0 Å². The standard InChI is InChI=1S/C11H16O/c1-3-11-8-4-5-10(11)7-6-9(2)12-11/h3,10H,1-2,4-8H2/t10-,11-/m0/s1. The Balaban J connectivity index is 2.23. The summed E-state index contributed by atoms with van der Waals surface area (Å²) in [7, 11) is 0. The zero-order chi connectivity index (χ0) is 8.60. The van der Waals surface area contributed by atoms with Crippen LogP contribution in [0.3, 0.4) is 0 Å². The summed E-state index contributed by atoms with van der Waals surface area (Å²) >= 11 is 0. The van der Waals surface area contributed by atoms with Gasteiger partial charge >= 0.3 is 0 Å². The molecule has 66 valence electrons. The lowest BCUT2D eigenvalue weighted by molar-refractivity contribution is -0.0209. The van der Waals surface area contributed by atoms with Crippen LogP contribution in [0.4, 0.5) is 0 Å². The lowest BCUT2D eigenvalue weighted by Gasteiger charge is -2.38. The van der Waals surface area contributed by atoms with E-state index in [9.17, 15) is 0 Å². The van der Waals surface area contributed by atoms with Gasteiger partial charge in [-0.3, -0.25) is 0 Å². The van der Waals surface area contributed by atoms with Crippen LogP contribution in [-0.2, 0) is 4.74 Å². The number of ether oxygens (including phenoxy) is 1. The molecule has 1 nitrogen and oxygen atoms in total. The summed E-state index contributed by atoms with van der Waals surface area (Å²) < 4.78 is 5.83. The molecule has 1 heteroatoms. The highest BCUT2D eigenvalue weighted by molar-refractivity contribution is 5.12. The van der Waals surface area contributed by atoms with Crippen molar-refractivity contribution in [2.24, 2.45) is 5.92 Å². The van der Waals surface area contributed by atoms with Crippen LogP contribution in [0.5, 0.6) is 0 Å². The molecule has 2 rings (SSSR count). The zero-order valence-electron chi connectivity index (χ0n) is 7.51. The molecule has 0 amide bonds. The first kappa shape index (κ1) is 7.90. The van der Waals surface area contributed by atoms with E-state index in [1.165, 1.54) is 19.3 Å². The third-order valence-electron chi connectivity index (χ3n) is 3.26. The molecule has 1 saturated heterocycles. The predicted molar refractivity (Wildman–Crippen MR) is 49.7 cm³/mol. The molecular formula is C11H16O. The Morgan fingerprint density at radius 2 is 2.33 bits per heavy atom. The van der Waals surface area contributed by atoms with Crippen molar-refractivity contribution in [1.82, 2.24) is 0 Å². The van der Waals surface area contributed by atoms with Crippen molar-refractivity contribution in [2.45, 2.75) is 37.7 Å². The van der Waals surface area contributed by atoms with Gasteiger partial charge in [-0.15, -0.1) is 0 Å². The fourth-order valence-corrected chi connectivity index (χ4v) is 2.56. The average molecular weight is 164 g/mol. The van der Waals surface area contributed by atoms with E-state index in [-0.39, 0.29) is 5.60 Å². The molecule has 0 radical (unpaired) electrons.